The number of fused-ring (bicyclic) bond motifs is 3. The van der Waals surface area contributed by atoms with Gasteiger partial charge < -0.3 is 4.90 Å². The van der Waals surface area contributed by atoms with Gasteiger partial charge in [-0.05, 0) is 49.0 Å². The first-order valence-electron chi connectivity index (χ1n) is 8.90. The third-order valence-corrected chi connectivity index (χ3v) is 5.99. The van der Waals surface area contributed by atoms with E-state index in [9.17, 15) is 0 Å². The monoisotopic (exact) mass is 311 g/mol. The summed E-state index contributed by atoms with van der Waals surface area (Å²) in [4.78, 5) is 2.62. The van der Waals surface area contributed by atoms with Gasteiger partial charge in [-0.15, -0.1) is 10.2 Å². The van der Waals surface area contributed by atoms with E-state index in [-0.39, 0.29) is 0 Å². The molecule has 2 atom stereocenters. The van der Waals surface area contributed by atoms with E-state index < -0.39 is 0 Å². The number of hydrogen-bond donors (Lipinski definition) is 0. The van der Waals surface area contributed by atoms with Gasteiger partial charge in [0.2, 0.25) is 5.65 Å². The highest BCUT2D eigenvalue weighted by Crippen LogP contribution is 2.54. The second kappa shape index (κ2) is 4.25. The maximum Gasteiger partial charge on any atom is 0.200 e. The lowest BCUT2D eigenvalue weighted by Gasteiger charge is -2.39. The zero-order chi connectivity index (χ0) is 15.8. The van der Waals surface area contributed by atoms with E-state index in [1.54, 1.807) is 6.33 Å². The van der Waals surface area contributed by atoms with Crippen molar-refractivity contribution in [1.82, 2.24) is 19.8 Å². The van der Waals surface area contributed by atoms with E-state index in [2.05, 4.69) is 41.9 Å². The minimum Gasteiger partial charge on any atom is -0.365 e. The molecule has 2 aromatic heterocycles. The van der Waals surface area contributed by atoms with Crippen LogP contribution in [0.5, 0.6) is 0 Å². The Bertz CT molecular complexity index is 775. The molecule has 2 aromatic rings. The smallest absolute Gasteiger partial charge is 0.200 e. The van der Waals surface area contributed by atoms with Crippen molar-refractivity contribution in [2.45, 2.75) is 64.8 Å². The molecule has 0 radical (unpaired) electrons. The zero-order valence-corrected chi connectivity index (χ0v) is 14.3. The molecule has 1 aliphatic heterocycles. The Morgan fingerprint density at radius 2 is 2.00 bits per heavy atom. The van der Waals surface area contributed by atoms with Gasteiger partial charge in [0.05, 0.1) is 11.4 Å². The summed E-state index contributed by atoms with van der Waals surface area (Å²) in [5, 5.41) is 13.2. The van der Waals surface area contributed by atoms with Crippen molar-refractivity contribution in [3.63, 3.8) is 0 Å². The number of rotatable bonds is 2. The van der Waals surface area contributed by atoms with Crippen molar-refractivity contribution in [3.05, 3.63) is 18.1 Å². The predicted molar refractivity (Wildman–Crippen MR) is 89.6 cm³/mol. The molecular formula is C18H25N5. The van der Waals surface area contributed by atoms with E-state index in [1.807, 2.05) is 4.52 Å². The highest BCUT2D eigenvalue weighted by molar-refractivity contribution is 5.70. The molecule has 3 heterocycles. The minimum atomic E-state index is 0.423. The Balaban J connectivity index is 1.62. The summed E-state index contributed by atoms with van der Waals surface area (Å²) in [5.74, 6) is 0.648. The van der Waals surface area contributed by atoms with Crippen molar-refractivity contribution in [3.8, 4) is 0 Å². The summed E-state index contributed by atoms with van der Waals surface area (Å²) in [5.41, 5.74) is 4.25. The van der Waals surface area contributed by atoms with Crippen LogP contribution in [-0.2, 0) is 0 Å². The minimum absolute atomic E-state index is 0.423. The fraction of sp³-hybridized carbons (Fsp3) is 0.722. The van der Waals surface area contributed by atoms with Crippen LogP contribution in [0.1, 0.15) is 64.5 Å². The fourth-order valence-electron chi connectivity index (χ4n) is 5.36. The van der Waals surface area contributed by atoms with Crippen LogP contribution in [0.25, 0.3) is 5.65 Å². The highest BCUT2D eigenvalue weighted by atomic mass is 15.4. The molecule has 0 amide bonds. The molecule has 1 saturated heterocycles. The van der Waals surface area contributed by atoms with Crippen LogP contribution >= 0.6 is 0 Å². The zero-order valence-electron chi connectivity index (χ0n) is 14.3. The summed E-state index contributed by atoms with van der Waals surface area (Å²) in [6.45, 7) is 8.45. The van der Waals surface area contributed by atoms with Crippen molar-refractivity contribution >= 4 is 11.3 Å². The summed E-state index contributed by atoms with van der Waals surface area (Å²) >= 11 is 0. The van der Waals surface area contributed by atoms with Crippen molar-refractivity contribution in [1.29, 1.82) is 0 Å². The van der Waals surface area contributed by atoms with Gasteiger partial charge in [0.15, 0.2) is 0 Å². The molecule has 23 heavy (non-hydrogen) atoms. The third-order valence-electron chi connectivity index (χ3n) is 5.99. The van der Waals surface area contributed by atoms with E-state index in [4.69, 9.17) is 5.10 Å². The molecule has 2 aliphatic carbocycles. The fourth-order valence-corrected chi connectivity index (χ4v) is 5.36. The molecule has 0 unspecified atom stereocenters. The molecule has 0 aromatic carbocycles. The Morgan fingerprint density at radius 1 is 1.17 bits per heavy atom. The second-order valence-electron chi connectivity index (χ2n) is 9.17. The normalized spacial score (nSPS) is 32.7. The maximum absolute atomic E-state index is 4.73. The van der Waals surface area contributed by atoms with Gasteiger partial charge >= 0.3 is 0 Å². The van der Waals surface area contributed by atoms with Crippen LogP contribution in [0.2, 0.25) is 0 Å². The molecule has 0 N–H and O–H groups in total. The van der Waals surface area contributed by atoms with Crippen LogP contribution in [0, 0.1) is 10.8 Å². The lowest BCUT2D eigenvalue weighted by Crippen LogP contribution is -2.35. The average molecular weight is 311 g/mol. The summed E-state index contributed by atoms with van der Waals surface area (Å²) < 4.78 is 1.89. The van der Waals surface area contributed by atoms with Crippen molar-refractivity contribution in [2.24, 2.45) is 10.8 Å². The lowest BCUT2D eigenvalue weighted by atomic mass is 9.65. The van der Waals surface area contributed by atoms with Crippen LogP contribution in [0.4, 0.5) is 5.69 Å². The SMILES string of the molecule is CC1(C)C[C@@H]2C[C@@](C)(CN2c2cc(C3CC3)nn3cnnc23)C1. The highest BCUT2D eigenvalue weighted by Gasteiger charge is 2.50. The summed E-state index contributed by atoms with van der Waals surface area (Å²) in [7, 11) is 0. The Kier molecular flexibility index (Phi) is 2.54. The molecule has 3 fully saturated rings. The number of hydrogen-bond acceptors (Lipinski definition) is 4. The molecule has 0 spiro atoms. The Hall–Kier alpha value is -1.65. The van der Waals surface area contributed by atoms with Crippen LogP contribution in [-0.4, -0.2) is 32.4 Å². The predicted octanol–water partition coefficient (Wildman–Crippen LogP) is 3.41. The molecule has 5 nitrogen and oxygen atoms in total. The van der Waals surface area contributed by atoms with Gasteiger partial charge in [-0.2, -0.15) is 9.61 Å². The van der Waals surface area contributed by atoms with Gasteiger partial charge in [-0.25, -0.2) is 0 Å². The van der Waals surface area contributed by atoms with E-state index in [1.165, 1.54) is 43.5 Å². The summed E-state index contributed by atoms with van der Waals surface area (Å²) in [6, 6.07) is 2.93. The summed E-state index contributed by atoms with van der Waals surface area (Å²) in [6.07, 6.45) is 8.18. The van der Waals surface area contributed by atoms with Crippen molar-refractivity contribution < 1.29 is 0 Å². The van der Waals surface area contributed by atoms with Gasteiger partial charge in [-0.3, -0.25) is 0 Å². The molecule has 122 valence electrons. The average Bonchev–Trinajstić information content (AvgIpc) is 3.13. The lowest BCUT2D eigenvalue weighted by molar-refractivity contribution is 0.136. The van der Waals surface area contributed by atoms with Crippen LogP contribution in [0.3, 0.4) is 0 Å². The first-order valence-corrected chi connectivity index (χ1v) is 8.90. The standard InChI is InChI=1S/C18H25N5/c1-17(2)7-13-8-18(3,9-17)10-22(13)15-6-14(12-4-5-12)21-23-11-19-20-16(15)23/h6,11-13H,4-5,7-10H2,1-3H3/t13-,18-/m1/s1. The van der Waals surface area contributed by atoms with E-state index >= 15 is 0 Å². The molecule has 3 aliphatic rings. The van der Waals surface area contributed by atoms with Crippen LogP contribution < -0.4 is 4.90 Å². The Morgan fingerprint density at radius 3 is 2.78 bits per heavy atom. The molecule has 5 rings (SSSR count). The van der Waals surface area contributed by atoms with Gasteiger partial charge in [0.25, 0.3) is 0 Å². The first-order chi connectivity index (χ1) is 10.9. The van der Waals surface area contributed by atoms with Gasteiger partial charge in [-0.1, -0.05) is 20.8 Å². The molecular weight excluding hydrogens is 286 g/mol. The van der Waals surface area contributed by atoms with E-state index in [0.29, 0.717) is 22.8 Å². The van der Waals surface area contributed by atoms with Crippen molar-refractivity contribution in [2.75, 3.05) is 11.4 Å². The molecule has 2 bridgehead atoms. The van der Waals surface area contributed by atoms with Gasteiger partial charge in [0, 0.05) is 18.5 Å². The van der Waals surface area contributed by atoms with Gasteiger partial charge in [0.1, 0.15) is 6.33 Å². The number of aromatic nitrogens is 4. The topological polar surface area (TPSA) is 46.3 Å². The number of nitrogens with zero attached hydrogens (tertiary/aromatic N) is 5. The maximum atomic E-state index is 4.73. The first kappa shape index (κ1) is 13.8. The largest absolute Gasteiger partial charge is 0.365 e. The second-order valence-corrected chi connectivity index (χ2v) is 9.17. The van der Waals surface area contributed by atoms with E-state index in [0.717, 1.165) is 12.2 Å². The molecule has 5 heteroatoms. The molecule has 2 saturated carbocycles. The quantitative estimate of drug-likeness (QED) is 0.852. The Labute approximate surface area is 137 Å². The van der Waals surface area contributed by atoms with Crippen LogP contribution in [0.15, 0.2) is 12.4 Å². The third kappa shape index (κ3) is 2.16. The number of anilines is 1.